The molecule has 4 rings (SSSR count). The molecular weight excluding hydrogens is 253 g/mol. The van der Waals surface area contributed by atoms with Crippen molar-refractivity contribution in [1.82, 2.24) is 5.32 Å². The summed E-state index contributed by atoms with van der Waals surface area (Å²) < 4.78 is 14.0. The van der Waals surface area contributed by atoms with Crippen LogP contribution in [0.25, 0.3) is 0 Å². The fourth-order valence-electron chi connectivity index (χ4n) is 3.41. The minimum absolute atomic E-state index is 0.0615. The van der Waals surface area contributed by atoms with Gasteiger partial charge < -0.3 is 5.32 Å². The monoisotopic (exact) mass is 273 g/mol. The first-order valence-corrected chi connectivity index (χ1v) is 7.77. The Hall–Kier alpha value is -1.38. The van der Waals surface area contributed by atoms with Gasteiger partial charge in [-0.15, -0.1) is 0 Å². The van der Waals surface area contributed by atoms with Crippen molar-refractivity contribution in [1.29, 1.82) is 0 Å². The predicted octanol–water partition coefficient (Wildman–Crippen LogP) is 3.16. The molecule has 0 unspecified atom stereocenters. The predicted molar refractivity (Wildman–Crippen MR) is 74.7 cm³/mol. The van der Waals surface area contributed by atoms with Gasteiger partial charge in [0, 0.05) is 11.6 Å². The molecule has 0 atom stereocenters. The van der Waals surface area contributed by atoms with Crippen molar-refractivity contribution in [3.8, 4) is 0 Å². The number of benzene rings is 1. The van der Waals surface area contributed by atoms with Gasteiger partial charge >= 0.3 is 0 Å². The number of halogens is 1. The summed E-state index contributed by atoms with van der Waals surface area (Å²) in [5.74, 6) is 1.19. The summed E-state index contributed by atoms with van der Waals surface area (Å²) in [6.07, 6.45) is 6.54. The minimum atomic E-state index is -0.576. The van der Waals surface area contributed by atoms with Crippen LogP contribution >= 0.6 is 0 Å². The molecule has 3 fully saturated rings. The van der Waals surface area contributed by atoms with Crippen LogP contribution in [0.3, 0.4) is 0 Å². The highest BCUT2D eigenvalue weighted by molar-refractivity contribution is 5.91. The molecule has 0 radical (unpaired) electrons. The molecule has 0 bridgehead atoms. The highest BCUT2D eigenvalue weighted by Gasteiger charge is 2.54. The number of carbonyl (C=O) groups excluding carboxylic acids is 1. The number of amides is 1. The highest BCUT2D eigenvalue weighted by Crippen LogP contribution is 2.51. The average Bonchev–Trinajstić information content (AvgIpc) is 3.28. The van der Waals surface area contributed by atoms with E-state index in [9.17, 15) is 9.18 Å². The Labute approximate surface area is 118 Å². The van der Waals surface area contributed by atoms with E-state index in [2.05, 4.69) is 5.32 Å². The van der Waals surface area contributed by atoms with Gasteiger partial charge in [0.25, 0.3) is 0 Å². The van der Waals surface area contributed by atoms with Crippen molar-refractivity contribution in [3.05, 3.63) is 35.6 Å². The standard InChI is InChI=1S/C17H20FNO/c18-14-4-2-1-3-13(14)17(9-10-17)16(20)19-15(11-5-6-11)12-7-8-12/h1-4,11-12,15H,5-10H2,(H,19,20). The number of hydrogen-bond donors (Lipinski definition) is 1. The molecule has 1 amide bonds. The lowest BCUT2D eigenvalue weighted by atomic mass is 9.93. The summed E-state index contributed by atoms with van der Waals surface area (Å²) in [5, 5.41) is 3.26. The molecule has 1 aromatic rings. The maximum atomic E-state index is 14.0. The Bertz CT molecular complexity index is 532. The Morgan fingerprint density at radius 3 is 2.25 bits per heavy atom. The van der Waals surface area contributed by atoms with Gasteiger partial charge in [-0.2, -0.15) is 0 Å². The van der Waals surface area contributed by atoms with E-state index in [4.69, 9.17) is 0 Å². The third-order valence-electron chi connectivity index (χ3n) is 5.13. The largest absolute Gasteiger partial charge is 0.352 e. The van der Waals surface area contributed by atoms with Crippen LogP contribution in [0.5, 0.6) is 0 Å². The average molecular weight is 273 g/mol. The normalized spacial score (nSPS) is 23.7. The topological polar surface area (TPSA) is 29.1 Å². The molecule has 2 nitrogen and oxygen atoms in total. The summed E-state index contributed by atoms with van der Waals surface area (Å²) in [6.45, 7) is 0. The third kappa shape index (κ3) is 2.04. The van der Waals surface area contributed by atoms with Crippen LogP contribution in [0.15, 0.2) is 24.3 Å². The van der Waals surface area contributed by atoms with Gasteiger partial charge in [0.2, 0.25) is 5.91 Å². The van der Waals surface area contributed by atoms with Crippen LogP contribution in [0.1, 0.15) is 44.1 Å². The van der Waals surface area contributed by atoms with Gasteiger partial charge in [-0.25, -0.2) is 4.39 Å². The van der Waals surface area contributed by atoms with E-state index in [0.717, 1.165) is 12.8 Å². The molecule has 0 heterocycles. The van der Waals surface area contributed by atoms with Crippen LogP contribution in [-0.2, 0) is 10.2 Å². The molecule has 3 heteroatoms. The lowest BCUT2D eigenvalue weighted by Gasteiger charge is -2.23. The zero-order chi connectivity index (χ0) is 13.7. The maximum Gasteiger partial charge on any atom is 0.231 e. The zero-order valence-corrected chi connectivity index (χ0v) is 11.6. The van der Waals surface area contributed by atoms with Crippen LogP contribution in [0.2, 0.25) is 0 Å². The van der Waals surface area contributed by atoms with Gasteiger partial charge in [0.15, 0.2) is 0 Å². The minimum Gasteiger partial charge on any atom is -0.352 e. The molecule has 0 aliphatic heterocycles. The van der Waals surface area contributed by atoms with Crippen molar-refractivity contribution in [2.45, 2.75) is 50.0 Å². The van der Waals surface area contributed by atoms with Crippen LogP contribution in [-0.4, -0.2) is 11.9 Å². The lowest BCUT2D eigenvalue weighted by molar-refractivity contribution is -0.124. The van der Waals surface area contributed by atoms with Crippen molar-refractivity contribution < 1.29 is 9.18 Å². The van der Waals surface area contributed by atoms with Gasteiger partial charge in [-0.3, -0.25) is 4.79 Å². The van der Waals surface area contributed by atoms with Crippen molar-refractivity contribution >= 4 is 5.91 Å². The Kier molecular flexibility index (Phi) is 2.66. The molecule has 106 valence electrons. The highest BCUT2D eigenvalue weighted by atomic mass is 19.1. The lowest BCUT2D eigenvalue weighted by Crippen LogP contribution is -2.44. The van der Waals surface area contributed by atoms with E-state index >= 15 is 0 Å². The molecule has 20 heavy (non-hydrogen) atoms. The zero-order valence-electron chi connectivity index (χ0n) is 11.6. The fraction of sp³-hybridized carbons (Fsp3) is 0.588. The maximum absolute atomic E-state index is 14.0. The SMILES string of the molecule is O=C(NC(C1CC1)C1CC1)C1(c2ccccc2F)CC1. The summed E-state index contributed by atoms with van der Waals surface area (Å²) in [5.41, 5.74) is 0.00995. The smallest absolute Gasteiger partial charge is 0.231 e. The van der Waals surface area contributed by atoms with Crippen molar-refractivity contribution in [2.75, 3.05) is 0 Å². The third-order valence-corrected chi connectivity index (χ3v) is 5.13. The summed E-state index contributed by atoms with van der Waals surface area (Å²) in [4.78, 5) is 12.7. The van der Waals surface area contributed by atoms with Crippen molar-refractivity contribution in [2.24, 2.45) is 11.8 Å². The van der Waals surface area contributed by atoms with Gasteiger partial charge in [-0.1, -0.05) is 18.2 Å². The van der Waals surface area contributed by atoms with Crippen LogP contribution in [0.4, 0.5) is 4.39 Å². The molecule has 0 spiro atoms. The van der Waals surface area contributed by atoms with Crippen molar-refractivity contribution in [3.63, 3.8) is 0 Å². The van der Waals surface area contributed by atoms with Crippen LogP contribution < -0.4 is 5.32 Å². The first-order valence-electron chi connectivity index (χ1n) is 7.77. The van der Waals surface area contributed by atoms with E-state index in [1.54, 1.807) is 12.1 Å². The molecule has 1 N–H and O–H groups in total. The fourth-order valence-corrected chi connectivity index (χ4v) is 3.41. The summed E-state index contributed by atoms with van der Waals surface area (Å²) in [6, 6.07) is 7.09. The molecule has 0 aromatic heterocycles. The number of hydrogen-bond acceptors (Lipinski definition) is 1. The number of rotatable bonds is 5. The number of carbonyl (C=O) groups is 1. The molecular formula is C17H20FNO. The Morgan fingerprint density at radius 1 is 1.15 bits per heavy atom. The van der Waals surface area contributed by atoms with Gasteiger partial charge in [0.05, 0.1) is 5.41 Å². The Balaban J connectivity index is 1.54. The molecule has 3 aliphatic carbocycles. The van der Waals surface area contributed by atoms with E-state index in [0.29, 0.717) is 23.4 Å². The quantitative estimate of drug-likeness (QED) is 0.877. The van der Waals surface area contributed by atoms with E-state index in [1.807, 2.05) is 6.07 Å². The van der Waals surface area contributed by atoms with Gasteiger partial charge in [-0.05, 0) is 56.4 Å². The second-order valence-corrected chi connectivity index (χ2v) is 6.74. The molecule has 1 aromatic carbocycles. The second-order valence-electron chi connectivity index (χ2n) is 6.74. The first kappa shape index (κ1) is 12.4. The molecule has 0 saturated heterocycles. The first-order chi connectivity index (χ1) is 9.71. The number of nitrogens with one attached hydrogen (secondary N) is 1. The summed E-state index contributed by atoms with van der Waals surface area (Å²) >= 11 is 0. The van der Waals surface area contributed by atoms with E-state index < -0.39 is 5.41 Å². The second kappa shape index (κ2) is 4.31. The van der Waals surface area contributed by atoms with Gasteiger partial charge in [0.1, 0.15) is 5.82 Å². The van der Waals surface area contributed by atoms with E-state index in [1.165, 1.54) is 31.7 Å². The Morgan fingerprint density at radius 2 is 1.75 bits per heavy atom. The molecule has 3 saturated carbocycles. The summed E-state index contributed by atoms with van der Waals surface area (Å²) in [7, 11) is 0. The molecule has 3 aliphatic rings. The van der Waals surface area contributed by atoms with E-state index in [-0.39, 0.29) is 11.7 Å². The van der Waals surface area contributed by atoms with Crippen LogP contribution in [0, 0.1) is 17.7 Å².